The van der Waals surface area contributed by atoms with Gasteiger partial charge in [0.2, 0.25) is 0 Å². The summed E-state index contributed by atoms with van der Waals surface area (Å²) in [5, 5.41) is 0.731. The van der Waals surface area contributed by atoms with E-state index in [1.54, 1.807) is 0 Å². The fraction of sp³-hybridized carbons (Fsp3) is 0.100. The number of carbonyl (C=O) groups is 1. The summed E-state index contributed by atoms with van der Waals surface area (Å²) in [4.78, 5) is 10.6. The van der Waals surface area contributed by atoms with Gasteiger partial charge < -0.3 is 0 Å². The first-order chi connectivity index (χ1) is 5.81. The zero-order valence-electron chi connectivity index (χ0n) is 6.38. The molecule has 0 saturated carbocycles. The van der Waals surface area contributed by atoms with E-state index in [1.165, 1.54) is 0 Å². The highest BCUT2D eigenvalue weighted by molar-refractivity contribution is 6.30. The number of carbonyl (C=O) groups excluding carboxylic acids is 1. The van der Waals surface area contributed by atoms with Gasteiger partial charge in [-0.25, -0.2) is 0 Å². The van der Waals surface area contributed by atoms with E-state index >= 15 is 0 Å². The van der Waals surface area contributed by atoms with Crippen LogP contribution in [0.1, 0.15) is 11.1 Å². The van der Waals surface area contributed by atoms with Gasteiger partial charge in [0.05, 0.1) is 0 Å². The van der Waals surface area contributed by atoms with Crippen LogP contribution in [0, 0.1) is 0 Å². The summed E-state index contributed by atoms with van der Waals surface area (Å²) in [6.07, 6.45) is 3.64. The Morgan fingerprint density at radius 1 is 1.42 bits per heavy atom. The molecule has 0 radical (unpaired) electrons. The molecule has 1 aliphatic carbocycles. The third-order valence-corrected chi connectivity index (χ3v) is 2.28. The third kappa shape index (κ3) is 1.07. The normalized spacial score (nSPS) is 13.9. The Morgan fingerprint density at radius 2 is 2.25 bits per heavy atom. The van der Waals surface area contributed by atoms with Gasteiger partial charge in [0, 0.05) is 10.6 Å². The van der Waals surface area contributed by atoms with Crippen molar-refractivity contribution in [1.29, 1.82) is 0 Å². The van der Waals surface area contributed by atoms with Crippen LogP contribution in [-0.4, -0.2) is 6.29 Å². The minimum absolute atomic E-state index is 0.731. The zero-order chi connectivity index (χ0) is 8.55. The second-order valence-corrected chi connectivity index (χ2v) is 3.22. The molecular weight excluding hydrogens is 172 g/mol. The van der Waals surface area contributed by atoms with Crippen LogP contribution >= 0.6 is 11.6 Å². The van der Waals surface area contributed by atoms with E-state index in [2.05, 4.69) is 0 Å². The number of allylic oxidation sites excluding steroid dienone is 2. The molecule has 0 unspecified atom stereocenters. The Bertz CT molecular complexity index is 366. The predicted molar refractivity (Wildman–Crippen MR) is 49.2 cm³/mol. The van der Waals surface area contributed by atoms with Gasteiger partial charge in [-0.2, -0.15) is 0 Å². The van der Waals surface area contributed by atoms with E-state index in [-0.39, 0.29) is 0 Å². The minimum Gasteiger partial charge on any atom is -0.298 e. The number of rotatable bonds is 1. The van der Waals surface area contributed by atoms with Crippen molar-refractivity contribution in [2.24, 2.45) is 0 Å². The molecule has 60 valence electrons. The molecular formula is C10H7ClO. The molecule has 0 aliphatic heterocycles. The molecule has 0 heterocycles. The number of halogens is 1. The van der Waals surface area contributed by atoms with Gasteiger partial charge >= 0.3 is 0 Å². The van der Waals surface area contributed by atoms with Crippen molar-refractivity contribution in [1.82, 2.24) is 0 Å². The maximum atomic E-state index is 10.6. The molecule has 0 saturated heterocycles. The van der Waals surface area contributed by atoms with Gasteiger partial charge in [0.1, 0.15) is 6.29 Å². The summed E-state index contributed by atoms with van der Waals surface area (Å²) in [6.45, 7) is 0. The highest BCUT2D eigenvalue weighted by Crippen LogP contribution is 2.27. The number of hydrogen-bond donors (Lipinski definition) is 0. The first-order valence-corrected chi connectivity index (χ1v) is 4.13. The van der Waals surface area contributed by atoms with E-state index in [9.17, 15) is 4.79 Å². The summed E-state index contributed by atoms with van der Waals surface area (Å²) >= 11 is 5.80. The lowest BCUT2D eigenvalue weighted by Gasteiger charge is -1.99. The molecule has 1 nitrogen and oxygen atoms in total. The van der Waals surface area contributed by atoms with Crippen molar-refractivity contribution in [2.45, 2.75) is 6.42 Å². The lowest BCUT2D eigenvalue weighted by molar-refractivity contribution is -0.103. The molecule has 0 aromatic heterocycles. The van der Waals surface area contributed by atoms with Crippen LogP contribution in [0.4, 0.5) is 0 Å². The van der Waals surface area contributed by atoms with Crippen LogP contribution < -0.4 is 0 Å². The lowest BCUT2D eigenvalue weighted by atomic mass is 10.1. The number of benzene rings is 1. The van der Waals surface area contributed by atoms with Gasteiger partial charge in [-0.3, -0.25) is 4.79 Å². The molecule has 0 fully saturated rings. The average molecular weight is 179 g/mol. The topological polar surface area (TPSA) is 17.1 Å². The van der Waals surface area contributed by atoms with Crippen LogP contribution in [0.25, 0.3) is 5.57 Å². The van der Waals surface area contributed by atoms with E-state index in [1.807, 2.05) is 24.3 Å². The van der Waals surface area contributed by atoms with Crippen molar-refractivity contribution in [3.05, 3.63) is 40.4 Å². The molecule has 2 heteroatoms. The van der Waals surface area contributed by atoms with Gasteiger partial charge in [-0.15, -0.1) is 0 Å². The molecule has 12 heavy (non-hydrogen) atoms. The van der Waals surface area contributed by atoms with Crippen molar-refractivity contribution >= 4 is 23.5 Å². The molecule has 0 N–H and O–H groups in total. The number of aldehydes is 1. The van der Waals surface area contributed by atoms with E-state index in [4.69, 9.17) is 11.6 Å². The quantitative estimate of drug-likeness (QED) is 0.604. The summed E-state index contributed by atoms with van der Waals surface area (Å²) in [5.74, 6) is 0. The van der Waals surface area contributed by atoms with Crippen LogP contribution in [0.2, 0.25) is 5.02 Å². The molecule has 0 bridgehead atoms. The van der Waals surface area contributed by atoms with E-state index in [0.717, 1.165) is 34.4 Å². The van der Waals surface area contributed by atoms with Crippen molar-refractivity contribution < 1.29 is 4.79 Å². The third-order valence-electron chi connectivity index (χ3n) is 2.05. The second-order valence-electron chi connectivity index (χ2n) is 2.78. The number of fused-ring (bicyclic) bond motifs is 1. The maximum absolute atomic E-state index is 10.6. The average Bonchev–Trinajstić information content (AvgIpc) is 2.46. The predicted octanol–water partition coefficient (Wildman–Crippen LogP) is 2.48. The molecule has 1 aromatic carbocycles. The van der Waals surface area contributed by atoms with Crippen molar-refractivity contribution in [3.8, 4) is 0 Å². The molecule has 1 aromatic rings. The summed E-state index contributed by atoms with van der Waals surface area (Å²) in [5.41, 5.74) is 2.95. The Hall–Kier alpha value is -1.08. The molecule has 2 rings (SSSR count). The standard InChI is InChI=1S/C10H7ClO/c11-9-3-4-10-7(5-9)1-2-8(10)6-12/h2-6H,1H2. The molecule has 0 spiro atoms. The lowest BCUT2D eigenvalue weighted by Crippen LogP contribution is -1.84. The largest absolute Gasteiger partial charge is 0.298 e. The second kappa shape index (κ2) is 2.76. The maximum Gasteiger partial charge on any atom is 0.150 e. The van der Waals surface area contributed by atoms with Crippen LogP contribution in [0.3, 0.4) is 0 Å². The summed E-state index contributed by atoms with van der Waals surface area (Å²) in [6, 6.07) is 5.61. The van der Waals surface area contributed by atoms with E-state index < -0.39 is 0 Å². The van der Waals surface area contributed by atoms with Crippen LogP contribution in [-0.2, 0) is 11.2 Å². The SMILES string of the molecule is O=CC1=CCc2cc(Cl)ccc21. The van der Waals surface area contributed by atoms with Crippen LogP contribution in [0.5, 0.6) is 0 Å². The highest BCUT2D eigenvalue weighted by Gasteiger charge is 2.12. The summed E-state index contributed by atoms with van der Waals surface area (Å²) in [7, 11) is 0. The molecule has 0 atom stereocenters. The van der Waals surface area contributed by atoms with Gasteiger partial charge in [0.25, 0.3) is 0 Å². The number of hydrogen-bond acceptors (Lipinski definition) is 1. The van der Waals surface area contributed by atoms with Crippen molar-refractivity contribution in [2.75, 3.05) is 0 Å². The van der Waals surface area contributed by atoms with Gasteiger partial charge in [0.15, 0.2) is 0 Å². The Labute approximate surface area is 75.7 Å². The van der Waals surface area contributed by atoms with Gasteiger partial charge in [-0.1, -0.05) is 23.7 Å². The van der Waals surface area contributed by atoms with Crippen molar-refractivity contribution in [3.63, 3.8) is 0 Å². The highest BCUT2D eigenvalue weighted by atomic mass is 35.5. The first kappa shape index (κ1) is 7.56. The smallest absolute Gasteiger partial charge is 0.150 e. The Kier molecular flexibility index (Phi) is 1.74. The molecule has 1 aliphatic rings. The van der Waals surface area contributed by atoms with E-state index in [0.29, 0.717) is 0 Å². The minimum atomic E-state index is 0.731. The van der Waals surface area contributed by atoms with Crippen LogP contribution in [0.15, 0.2) is 24.3 Å². The Morgan fingerprint density at radius 3 is 3.00 bits per heavy atom. The Balaban J connectivity index is 2.54. The zero-order valence-corrected chi connectivity index (χ0v) is 7.14. The first-order valence-electron chi connectivity index (χ1n) is 3.75. The monoisotopic (exact) mass is 178 g/mol. The fourth-order valence-electron chi connectivity index (χ4n) is 1.45. The molecule has 0 amide bonds. The summed E-state index contributed by atoms with van der Waals surface area (Å²) < 4.78 is 0. The fourth-order valence-corrected chi connectivity index (χ4v) is 1.65. The van der Waals surface area contributed by atoms with Gasteiger partial charge in [-0.05, 0) is 29.7 Å².